The van der Waals surface area contributed by atoms with Gasteiger partial charge in [-0.1, -0.05) is 6.42 Å². The van der Waals surface area contributed by atoms with Crippen LogP contribution in [-0.2, 0) is 4.79 Å². The van der Waals surface area contributed by atoms with Gasteiger partial charge < -0.3 is 15.1 Å². The highest BCUT2D eigenvalue weighted by molar-refractivity contribution is 5.76. The van der Waals surface area contributed by atoms with Crippen molar-refractivity contribution in [3.05, 3.63) is 0 Å². The Morgan fingerprint density at radius 1 is 1.27 bits per heavy atom. The summed E-state index contributed by atoms with van der Waals surface area (Å²) in [4.78, 5) is 13.5. The Hall–Kier alpha value is -0.610. The molecule has 1 aliphatic rings. The first-order valence-corrected chi connectivity index (χ1v) is 5.80. The number of likely N-dealkylation sites (tertiary alicyclic amines) is 1. The van der Waals surface area contributed by atoms with Gasteiger partial charge in [0.2, 0.25) is 5.91 Å². The third kappa shape index (κ3) is 3.80. The van der Waals surface area contributed by atoms with Crippen LogP contribution in [0.3, 0.4) is 0 Å². The third-order valence-electron chi connectivity index (χ3n) is 2.96. The van der Waals surface area contributed by atoms with Crippen LogP contribution in [0.25, 0.3) is 0 Å². The summed E-state index contributed by atoms with van der Waals surface area (Å²) in [5.74, 6) is 0.157. The van der Waals surface area contributed by atoms with Crippen molar-refractivity contribution in [1.29, 1.82) is 0 Å². The minimum absolute atomic E-state index is 0.0512. The summed E-state index contributed by atoms with van der Waals surface area (Å²) in [5, 5.41) is 17.7. The van der Waals surface area contributed by atoms with Crippen LogP contribution in [0, 0.1) is 0 Å². The number of rotatable bonds is 6. The molecule has 1 saturated heterocycles. The van der Waals surface area contributed by atoms with Gasteiger partial charge in [0.25, 0.3) is 0 Å². The summed E-state index contributed by atoms with van der Waals surface area (Å²) in [6.45, 7) is 1.09. The van der Waals surface area contributed by atoms with Gasteiger partial charge in [0, 0.05) is 19.6 Å². The van der Waals surface area contributed by atoms with Gasteiger partial charge >= 0.3 is 0 Å². The number of carbonyl (C=O) groups is 1. The topological polar surface area (TPSA) is 60.8 Å². The van der Waals surface area contributed by atoms with Crippen molar-refractivity contribution in [3.8, 4) is 0 Å². The van der Waals surface area contributed by atoms with Crippen molar-refractivity contribution >= 4 is 5.91 Å². The first-order valence-electron chi connectivity index (χ1n) is 5.80. The number of aliphatic hydroxyl groups excluding tert-OH is 2. The number of hydrogen-bond acceptors (Lipinski definition) is 3. The van der Waals surface area contributed by atoms with Crippen LogP contribution < -0.4 is 0 Å². The highest BCUT2D eigenvalue weighted by atomic mass is 16.3. The molecule has 0 aromatic heterocycles. The van der Waals surface area contributed by atoms with Crippen molar-refractivity contribution in [2.45, 2.75) is 44.6 Å². The Labute approximate surface area is 90.9 Å². The van der Waals surface area contributed by atoms with Gasteiger partial charge in [0.05, 0.1) is 12.6 Å². The Bertz CT molecular complexity index is 196. The molecule has 4 nitrogen and oxygen atoms in total. The fourth-order valence-electron chi connectivity index (χ4n) is 2.06. The molecule has 0 bridgehead atoms. The second-order valence-electron chi connectivity index (χ2n) is 4.10. The molecule has 1 atom stereocenters. The Morgan fingerprint density at radius 2 is 2.07 bits per heavy atom. The molecule has 0 aromatic rings. The van der Waals surface area contributed by atoms with Crippen LogP contribution in [0.2, 0.25) is 0 Å². The molecule has 1 aliphatic heterocycles. The molecule has 1 rings (SSSR count). The van der Waals surface area contributed by atoms with Gasteiger partial charge in [-0.05, 0) is 25.7 Å². The van der Waals surface area contributed by atoms with Crippen molar-refractivity contribution in [2.24, 2.45) is 0 Å². The number of amides is 1. The zero-order valence-electron chi connectivity index (χ0n) is 9.19. The van der Waals surface area contributed by atoms with Gasteiger partial charge in [-0.2, -0.15) is 0 Å². The molecule has 4 heteroatoms. The average molecular weight is 215 g/mol. The Kier molecular flexibility index (Phi) is 5.65. The van der Waals surface area contributed by atoms with Crippen molar-refractivity contribution in [3.63, 3.8) is 0 Å². The normalized spacial score (nSPS) is 20.9. The minimum Gasteiger partial charge on any atom is -0.396 e. The monoisotopic (exact) mass is 215 g/mol. The van der Waals surface area contributed by atoms with E-state index < -0.39 is 0 Å². The van der Waals surface area contributed by atoms with E-state index in [1.54, 1.807) is 4.90 Å². The molecule has 0 aromatic carbocycles. The predicted molar refractivity (Wildman–Crippen MR) is 57.4 cm³/mol. The van der Waals surface area contributed by atoms with E-state index in [1.807, 2.05) is 0 Å². The second-order valence-corrected chi connectivity index (χ2v) is 4.10. The van der Waals surface area contributed by atoms with E-state index in [1.165, 1.54) is 0 Å². The number of unbranched alkanes of at least 4 members (excludes halogenated alkanes) is 2. The summed E-state index contributed by atoms with van der Waals surface area (Å²) in [7, 11) is 0. The maximum atomic E-state index is 11.7. The molecule has 0 spiro atoms. The van der Waals surface area contributed by atoms with Crippen molar-refractivity contribution in [2.75, 3.05) is 19.8 Å². The summed E-state index contributed by atoms with van der Waals surface area (Å²) in [6, 6.07) is 0.0512. The van der Waals surface area contributed by atoms with Crippen LogP contribution in [0.1, 0.15) is 38.5 Å². The molecule has 0 radical (unpaired) electrons. The zero-order chi connectivity index (χ0) is 11.1. The average Bonchev–Trinajstić information content (AvgIpc) is 2.72. The number of hydrogen-bond donors (Lipinski definition) is 2. The van der Waals surface area contributed by atoms with E-state index in [0.717, 1.165) is 38.6 Å². The summed E-state index contributed by atoms with van der Waals surface area (Å²) < 4.78 is 0. The summed E-state index contributed by atoms with van der Waals surface area (Å²) in [6.07, 6.45) is 5.01. The van der Waals surface area contributed by atoms with Crippen LogP contribution >= 0.6 is 0 Å². The molecule has 2 N–H and O–H groups in total. The quantitative estimate of drug-likeness (QED) is 0.635. The van der Waals surface area contributed by atoms with E-state index in [0.29, 0.717) is 6.42 Å². The maximum Gasteiger partial charge on any atom is 0.222 e. The number of nitrogens with zero attached hydrogens (tertiary/aromatic N) is 1. The van der Waals surface area contributed by atoms with E-state index in [-0.39, 0.29) is 25.2 Å². The molecule has 88 valence electrons. The largest absolute Gasteiger partial charge is 0.396 e. The van der Waals surface area contributed by atoms with Crippen LogP contribution in [0.4, 0.5) is 0 Å². The van der Waals surface area contributed by atoms with Gasteiger partial charge in [0.1, 0.15) is 0 Å². The molecule has 1 heterocycles. The lowest BCUT2D eigenvalue weighted by Gasteiger charge is -2.22. The number of carbonyl (C=O) groups excluding carboxylic acids is 1. The first-order chi connectivity index (χ1) is 7.29. The van der Waals surface area contributed by atoms with Gasteiger partial charge in [-0.25, -0.2) is 0 Å². The van der Waals surface area contributed by atoms with Crippen molar-refractivity contribution < 1.29 is 15.0 Å². The Morgan fingerprint density at radius 3 is 2.73 bits per heavy atom. The molecular weight excluding hydrogens is 194 g/mol. The molecular formula is C11H21NO3. The Balaban J connectivity index is 2.21. The highest BCUT2D eigenvalue weighted by Gasteiger charge is 2.27. The first kappa shape index (κ1) is 12.5. The molecule has 1 unspecified atom stereocenters. The molecule has 1 amide bonds. The fraction of sp³-hybridized carbons (Fsp3) is 0.909. The maximum absolute atomic E-state index is 11.7. The summed E-state index contributed by atoms with van der Waals surface area (Å²) in [5.41, 5.74) is 0. The molecule has 0 saturated carbocycles. The van der Waals surface area contributed by atoms with Crippen LogP contribution in [0.5, 0.6) is 0 Å². The van der Waals surface area contributed by atoms with E-state index in [4.69, 9.17) is 10.2 Å². The van der Waals surface area contributed by atoms with Crippen LogP contribution in [0.15, 0.2) is 0 Å². The smallest absolute Gasteiger partial charge is 0.222 e. The SMILES string of the molecule is O=C(CCCCCO)N1CCCC1CO. The lowest BCUT2D eigenvalue weighted by atomic mass is 10.1. The van der Waals surface area contributed by atoms with E-state index in [9.17, 15) is 4.79 Å². The van der Waals surface area contributed by atoms with Crippen molar-refractivity contribution in [1.82, 2.24) is 4.90 Å². The lowest BCUT2D eigenvalue weighted by molar-refractivity contribution is -0.132. The van der Waals surface area contributed by atoms with E-state index >= 15 is 0 Å². The standard InChI is InChI=1S/C11H21NO3/c13-8-3-1-2-6-11(15)12-7-4-5-10(12)9-14/h10,13-14H,1-9H2. The zero-order valence-corrected chi connectivity index (χ0v) is 9.19. The lowest BCUT2D eigenvalue weighted by Crippen LogP contribution is -2.37. The summed E-state index contributed by atoms with van der Waals surface area (Å²) >= 11 is 0. The van der Waals surface area contributed by atoms with Gasteiger partial charge in [0.15, 0.2) is 0 Å². The second kappa shape index (κ2) is 6.80. The number of aliphatic hydroxyl groups is 2. The van der Waals surface area contributed by atoms with Gasteiger partial charge in [-0.3, -0.25) is 4.79 Å². The molecule has 15 heavy (non-hydrogen) atoms. The van der Waals surface area contributed by atoms with Crippen LogP contribution in [-0.4, -0.2) is 46.8 Å². The van der Waals surface area contributed by atoms with E-state index in [2.05, 4.69) is 0 Å². The highest BCUT2D eigenvalue weighted by Crippen LogP contribution is 2.18. The minimum atomic E-state index is 0.0512. The molecule has 1 fully saturated rings. The molecule has 0 aliphatic carbocycles. The fourth-order valence-corrected chi connectivity index (χ4v) is 2.06. The van der Waals surface area contributed by atoms with Gasteiger partial charge in [-0.15, -0.1) is 0 Å². The predicted octanol–water partition coefficient (Wildman–Crippen LogP) is 0.522. The third-order valence-corrected chi connectivity index (χ3v) is 2.96.